The van der Waals surface area contributed by atoms with Gasteiger partial charge in [0.1, 0.15) is 19.4 Å². The van der Waals surface area contributed by atoms with E-state index in [0.717, 1.165) is 41.6 Å². The molecule has 0 spiro atoms. The topological polar surface area (TPSA) is 38.2 Å². The molecule has 2 aromatic rings. The lowest BCUT2D eigenvalue weighted by Crippen LogP contribution is -2.24. The van der Waals surface area contributed by atoms with Crippen LogP contribution in [0.4, 0.5) is 0 Å². The van der Waals surface area contributed by atoms with Gasteiger partial charge in [0.25, 0.3) is 0 Å². The van der Waals surface area contributed by atoms with Gasteiger partial charge in [-0.2, -0.15) is 0 Å². The first-order chi connectivity index (χ1) is 11.5. The number of rotatable bonds is 3. The van der Waals surface area contributed by atoms with Gasteiger partial charge in [0.05, 0.1) is 11.8 Å². The van der Waals surface area contributed by atoms with Crippen LogP contribution in [0.25, 0.3) is 11.3 Å². The molecule has 1 aromatic heterocycles. The van der Waals surface area contributed by atoms with Crippen LogP contribution < -0.4 is 4.74 Å². The molecule has 2 aliphatic rings. The number of aryl methyl sites for hydroxylation is 1. The number of hydrogen-bond acceptors (Lipinski definition) is 4. The van der Waals surface area contributed by atoms with Crippen LogP contribution in [0.5, 0.6) is 5.75 Å². The Morgan fingerprint density at radius 1 is 1.33 bits per heavy atom. The standard InChI is InChI=1S/C18H23B2N3O/c1-12-21-6-5-17(22-12)13-3-2-4-15(7-13)24-16-8-14-10-23(20)11-18(14,19)9-16/h2-7,14,16H,8-11,19-20H2,1H3. The summed E-state index contributed by atoms with van der Waals surface area (Å²) in [5, 5.41) is 0.417. The van der Waals surface area contributed by atoms with Gasteiger partial charge < -0.3 is 9.55 Å². The minimum absolute atomic E-state index is 0.330. The monoisotopic (exact) mass is 319 g/mol. The molecule has 1 aromatic carbocycles. The average Bonchev–Trinajstić information content (AvgIpc) is 2.96. The van der Waals surface area contributed by atoms with Gasteiger partial charge in [-0.05, 0) is 62.3 Å². The number of hydrogen-bond donors (Lipinski definition) is 0. The molecule has 0 amide bonds. The predicted octanol–water partition coefficient (Wildman–Crippen LogP) is 1.26. The maximum absolute atomic E-state index is 6.34. The highest BCUT2D eigenvalue weighted by Gasteiger charge is 2.49. The summed E-state index contributed by atoms with van der Waals surface area (Å²) in [6, 6.07) is 10.2. The molecule has 3 atom stereocenters. The lowest BCUT2D eigenvalue weighted by molar-refractivity contribution is 0.196. The zero-order valence-corrected chi connectivity index (χ0v) is 14.7. The summed E-state index contributed by atoms with van der Waals surface area (Å²) in [5.74, 6) is 2.50. The number of aromatic nitrogens is 2. The Morgan fingerprint density at radius 2 is 2.21 bits per heavy atom. The number of benzene rings is 1. The van der Waals surface area contributed by atoms with Gasteiger partial charge in [0, 0.05) is 11.8 Å². The van der Waals surface area contributed by atoms with E-state index in [9.17, 15) is 0 Å². The van der Waals surface area contributed by atoms with Crippen molar-refractivity contribution in [2.24, 2.45) is 5.92 Å². The highest BCUT2D eigenvalue weighted by atomic mass is 16.5. The molecule has 1 aliphatic carbocycles. The van der Waals surface area contributed by atoms with E-state index >= 15 is 0 Å². The van der Waals surface area contributed by atoms with E-state index in [2.05, 4.69) is 48.8 Å². The van der Waals surface area contributed by atoms with E-state index in [4.69, 9.17) is 4.74 Å². The Kier molecular flexibility index (Phi) is 3.87. The summed E-state index contributed by atoms with van der Waals surface area (Å²) >= 11 is 0. The number of nitrogens with zero attached hydrogens (tertiary/aromatic N) is 3. The van der Waals surface area contributed by atoms with Crippen LogP contribution in [-0.4, -0.2) is 49.8 Å². The smallest absolute Gasteiger partial charge is 0.185 e. The first-order valence-corrected chi connectivity index (χ1v) is 8.77. The van der Waals surface area contributed by atoms with Crippen LogP contribution in [0.1, 0.15) is 18.7 Å². The van der Waals surface area contributed by atoms with E-state index < -0.39 is 0 Å². The molecular formula is C18H23B2N3O. The normalized spacial score (nSPS) is 29.5. The van der Waals surface area contributed by atoms with Crippen molar-refractivity contribution in [2.45, 2.75) is 31.2 Å². The first-order valence-electron chi connectivity index (χ1n) is 8.77. The van der Waals surface area contributed by atoms with Gasteiger partial charge >= 0.3 is 0 Å². The second kappa shape index (κ2) is 5.92. The molecule has 2 fully saturated rings. The zero-order valence-electron chi connectivity index (χ0n) is 14.7. The van der Waals surface area contributed by atoms with Gasteiger partial charge in [-0.25, -0.2) is 9.97 Å². The van der Waals surface area contributed by atoms with E-state index in [1.807, 2.05) is 19.1 Å². The SMILES string of the molecule is BN1CC2CC(Oc3cccc(-c4ccnc(C)n4)c3)CC2(B)C1. The van der Waals surface area contributed by atoms with Crippen molar-refractivity contribution in [1.29, 1.82) is 0 Å². The summed E-state index contributed by atoms with van der Waals surface area (Å²) < 4.78 is 6.34. The van der Waals surface area contributed by atoms with Crippen molar-refractivity contribution in [2.75, 3.05) is 13.1 Å². The maximum atomic E-state index is 6.34. The highest BCUT2D eigenvalue weighted by molar-refractivity contribution is 6.17. The molecule has 1 saturated carbocycles. The molecule has 0 bridgehead atoms. The fourth-order valence-electron chi connectivity index (χ4n) is 4.55. The fourth-order valence-corrected chi connectivity index (χ4v) is 4.55. The number of ether oxygens (including phenoxy) is 1. The minimum Gasteiger partial charge on any atom is -0.490 e. The largest absolute Gasteiger partial charge is 0.490 e. The Hall–Kier alpha value is -1.81. The Labute approximate surface area is 145 Å². The van der Waals surface area contributed by atoms with E-state index in [-0.39, 0.29) is 0 Å². The van der Waals surface area contributed by atoms with Gasteiger partial charge in [-0.3, -0.25) is 0 Å². The third kappa shape index (κ3) is 2.95. The second-order valence-corrected chi connectivity index (χ2v) is 7.74. The van der Waals surface area contributed by atoms with Crippen LogP contribution in [-0.2, 0) is 0 Å². The van der Waals surface area contributed by atoms with E-state index in [0.29, 0.717) is 11.4 Å². The van der Waals surface area contributed by atoms with Crippen molar-refractivity contribution in [3.05, 3.63) is 42.4 Å². The summed E-state index contributed by atoms with van der Waals surface area (Å²) in [6.07, 6.45) is 4.45. The summed E-state index contributed by atoms with van der Waals surface area (Å²) in [7, 11) is 4.65. The second-order valence-electron chi connectivity index (χ2n) is 7.74. The maximum Gasteiger partial charge on any atom is 0.185 e. The lowest BCUT2D eigenvalue weighted by atomic mass is 9.64. The molecule has 6 heteroatoms. The minimum atomic E-state index is 0.330. The highest BCUT2D eigenvalue weighted by Crippen LogP contribution is 2.52. The van der Waals surface area contributed by atoms with Crippen molar-refractivity contribution in [1.82, 2.24) is 14.8 Å². The quantitative estimate of drug-likeness (QED) is 0.799. The van der Waals surface area contributed by atoms with Gasteiger partial charge in [-0.15, -0.1) is 0 Å². The summed E-state index contributed by atoms with van der Waals surface area (Å²) in [6.45, 7) is 4.31. The lowest BCUT2D eigenvalue weighted by Gasteiger charge is -2.23. The third-order valence-electron chi connectivity index (χ3n) is 5.60. The summed E-state index contributed by atoms with van der Waals surface area (Å²) in [5.41, 5.74) is 2.03. The van der Waals surface area contributed by atoms with Crippen molar-refractivity contribution in [3.8, 4) is 17.0 Å². The molecular weight excluding hydrogens is 296 g/mol. The Morgan fingerprint density at radius 3 is 3.00 bits per heavy atom. The van der Waals surface area contributed by atoms with Gasteiger partial charge in [0.15, 0.2) is 7.98 Å². The van der Waals surface area contributed by atoms with E-state index in [1.165, 1.54) is 13.1 Å². The van der Waals surface area contributed by atoms with Gasteiger partial charge in [-0.1, -0.05) is 12.1 Å². The third-order valence-corrected chi connectivity index (χ3v) is 5.60. The van der Waals surface area contributed by atoms with Crippen LogP contribution in [0.15, 0.2) is 36.5 Å². The fraction of sp³-hybridized carbons (Fsp3) is 0.444. The first kappa shape index (κ1) is 15.7. The van der Waals surface area contributed by atoms with Crippen molar-refractivity contribution < 1.29 is 4.74 Å². The van der Waals surface area contributed by atoms with E-state index in [1.54, 1.807) is 6.20 Å². The molecule has 4 nitrogen and oxygen atoms in total. The molecule has 2 heterocycles. The Balaban J connectivity index is 1.50. The number of fused-ring (bicyclic) bond motifs is 1. The average molecular weight is 319 g/mol. The molecule has 1 aliphatic heterocycles. The molecule has 3 unspecified atom stereocenters. The zero-order chi connectivity index (χ0) is 16.7. The van der Waals surface area contributed by atoms with Crippen LogP contribution in [0.2, 0.25) is 5.31 Å². The molecule has 0 radical (unpaired) electrons. The summed E-state index contributed by atoms with van der Waals surface area (Å²) in [4.78, 5) is 11.1. The molecule has 24 heavy (non-hydrogen) atoms. The van der Waals surface area contributed by atoms with Gasteiger partial charge in [0.2, 0.25) is 0 Å². The van der Waals surface area contributed by atoms with Crippen molar-refractivity contribution >= 4 is 15.8 Å². The molecule has 0 N–H and O–H groups in total. The molecule has 4 rings (SSSR count). The van der Waals surface area contributed by atoms with Crippen molar-refractivity contribution in [3.63, 3.8) is 0 Å². The molecule has 122 valence electrons. The Bertz CT molecular complexity index is 757. The van der Waals surface area contributed by atoms with Crippen LogP contribution in [0, 0.1) is 12.8 Å². The predicted molar refractivity (Wildman–Crippen MR) is 101 cm³/mol. The van der Waals surface area contributed by atoms with Crippen LogP contribution in [0.3, 0.4) is 0 Å². The molecule has 1 saturated heterocycles. The van der Waals surface area contributed by atoms with Crippen LogP contribution >= 0.6 is 0 Å².